The minimum absolute atomic E-state index is 0.0256. The SMILES string of the molecule is CCCCCCC(C)OC(=O)CCCC(=O)OCCCC(C)C. The first-order valence-electron chi connectivity index (χ1n) is 9.30. The molecule has 0 spiro atoms. The molecular formula is C19H36O4. The van der Waals surface area contributed by atoms with Gasteiger partial charge in [-0.3, -0.25) is 9.59 Å². The Labute approximate surface area is 142 Å². The van der Waals surface area contributed by atoms with Crippen LogP contribution in [0.2, 0.25) is 0 Å². The van der Waals surface area contributed by atoms with E-state index in [-0.39, 0.29) is 18.0 Å². The number of hydrogen-bond acceptors (Lipinski definition) is 4. The molecule has 23 heavy (non-hydrogen) atoms. The summed E-state index contributed by atoms with van der Waals surface area (Å²) in [5.74, 6) is 0.210. The lowest BCUT2D eigenvalue weighted by atomic mass is 10.1. The Kier molecular flexibility index (Phi) is 13.9. The van der Waals surface area contributed by atoms with Gasteiger partial charge in [-0.05, 0) is 44.9 Å². The van der Waals surface area contributed by atoms with Gasteiger partial charge in [-0.15, -0.1) is 0 Å². The Hall–Kier alpha value is -1.06. The highest BCUT2D eigenvalue weighted by Crippen LogP contribution is 2.10. The standard InChI is InChI=1S/C19H36O4/c1-5-6-7-8-12-17(4)23-19(21)14-9-13-18(20)22-15-10-11-16(2)3/h16-17H,5-15H2,1-4H3. The van der Waals surface area contributed by atoms with Crippen LogP contribution in [0.5, 0.6) is 0 Å². The van der Waals surface area contributed by atoms with Gasteiger partial charge in [0.1, 0.15) is 0 Å². The Bertz CT molecular complexity index is 312. The van der Waals surface area contributed by atoms with Gasteiger partial charge in [0, 0.05) is 12.8 Å². The van der Waals surface area contributed by atoms with E-state index in [4.69, 9.17) is 9.47 Å². The van der Waals surface area contributed by atoms with Gasteiger partial charge in [-0.25, -0.2) is 0 Å². The van der Waals surface area contributed by atoms with Crippen molar-refractivity contribution in [3.8, 4) is 0 Å². The van der Waals surface area contributed by atoms with Crippen LogP contribution in [0.15, 0.2) is 0 Å². The van der Waals surface area contributed by atoms with Gasteiger partial charge in [-0.1, -0.05) is 40.0 Å². The molecule has 0 aromatic carbocycles. The summed E-state index contributed by atoms with van der Waals surface area (Å²) in [7, 11) is 0. The van der Waals surface area contributed by atoms with Crippen molar-refractivity contribution in [2.45, 2.75) is 98.0 Å². The molecule has 0 N–H and O–H groups in total. The minimum Gasteiger partial charge on any atom is -0.466 e. The van der Waals surface area contributed by atoms with Gasteiger partial charge >= 0.3 is 11.9 Å². The molecule has 0 amide bonds. The summed E-state index contributed by atoms with van der Waals surface area (Å²) >= 11 is 0. The number of carbonyl (C=O) groups excluding carboxylic acids is 2. The van der Waals surface area contributed by atoms with E-state index >= 15 is 0 Å². The Morgan fingerprint density at radius 1 is 0.826 bits per heavy atom. The monoisotopic (exact) mass is 328 g/mol. The number of hydrogen-bond donors (Lipinski definition) is 0. The van der Waals surface area contributed by atoms with Gasteiger partial charge in [0.15, 0.2) is 0 Å². The molecule has 0 aromatic rings. The summed E-state index contributed by atoms with van der Waals surface area (Å²) in [6, 6.07) is 0. The maximum atomic E-state index is 11.7. The first kappa shape index (κ1) is 21.9. The molecule has 136 valence electrons. The molecule has 0 radical (unpaired) electrons. The molecule has 0 aromatic heterocycles. The van der Waals surface area contributed by atoms with Crippen LogP contribution >= 0.6 is 0 Å². The van der Waals surface area contributed by atoms with E-state index in [2.05, 4.69) is 20.8 Å². The fourth-order valence-electron chi connectivity index (χ4n) is 2.33. The number of unbranched alkanes of at least 4 members (excludes halogenated alkanes) is 3. The van der Waals surface area contributed by atoms with E-state index < -0.39 is 0 Å². The molecule has 0 aliphatic rings. The minimum atomic E-state index is -0.214. The third kappa shape index (κ3) is 15.6. The Balaban J connectivity index is 3.55. The van der Waals surface area contributed by atoms with Crippen molar-refractivity contribution in [3.63, 3.8) is 0 Å². The van der Waals surface area contributed by atoms with Crippen LogP contribution in [0.1, 0.15) is 91.9 Å². The second kappa shape index (κ2) is 14.5. The summed E-state index contributed by atoms with van der Waals surface area (Å²) in [6.45, 7) is 8.90. The van der Waals surface area contributed by atoms with Gasteiger partial charge in [0.05, 0.1) is 12.7 Å². The average molecular weight is 328 g/mol. The van der Waals surface area contributed by atoms with Crippen LogP contribution in [0, 0.1) is 5.92 Å². The second-order valence-corrected chi connectivity index (χ2v) is 6.76. The van der Waals surface area contributed by atoms with Gasteiger partial charge < -0.3 is 9.47 Å². The average Bonchev–Trinajstić information content (AvgIpc) is 2.48. The summed E-state index contributed by atoms with van der Waals surface area (Å²) in [5, 5.41) is 0. The lowest BCUT2D eigenvalue weighted by Gasteiger charge is -2.13. The zero-order valence-electron chi connectivity index (χ0n) is 15.6. The van der Waals surface area contributed by atoms with E-state index in [1.807, 2.05) is 6.92 Å². The molecule has 0 aliphatic carbocycles. The number of carbonyl (C=O) groups is 2. The highest BCUT2D eigenvalue weighted by Gasteiger charge is 2.11. The van der Waals surface area contributed by atoms with Crippen molar-refractivity contribution in [1.82, 2.24) is 0 Å². The largest absolute Gasteiger partial charge is 0.466 e. The zero-order chi connectivity index (χ0) is 17.5. The predicted molar refractivity (Wildman–Crippen MR) is 93.2 cm³/mol. The lowest BCUT2D eigenvalue weighted by Crippen LogP contribution is -2.15. The molecule has 1 unspecified atom stereocenters. The molecule has 0 rings (SSSR count). The zero-order valence-corrected chi connectivity index (χ0v) is 15.6. The van der Waals surface area contributed by atoms with Crippen molar-refractivity contribution < 1.29 is 19.1 Å². The van der Waals surface area contributed by atoms with Crippen molar-refractivity contribution in [3.05, 3.63) is 0 Å². The quantitative estimate of drug-likeness (QED) is 0.331. The topological polar surface area (TPSA) is 52.6 Å². The maximum Gasteiger partial charge on any atom is 0.306 e. The first-order valence-corrected chi connectivity index (χ1v) is 9.30. The van der Waals surface area contributed by atoms with Crippen molar-refractivity contribution in [2.75, 3.05) is 6.61 Å². The Morgan fingerprint density at radius 2 is 1.52 bits per heavy atom. The molecule has 0 saturated heterocycles. The molecule has 0 aliphatic heterocycles. The number of rotatable bonds is 14. The van der Waals surface area contributed by atoms with E-state index in [0.717, 1.165) is 25.7 Å². The second-order valence-electron chi connectivity index (χ2n) is 6.76. The molecule has 1 atom stereocenters. The first-order chi connectivity index (χ1) is 11.0. The van der Waals surface area contributed by atoms with E-state index in [0.29, 0.717) is 31.8 Å². The summed E-state index contributed by atoms with van der Waals surface area (Å²) < 4.78 is 10.5. The normalized spacial score (nSPS) is 12.2. The molecule has 0 saturated carbocycles. The maximum absolute atomic E-state index is 11.7. The highest BCUT2D eigenvalue weighted by atomic mass is 16.5. The fourth-order valence-corrected chi connectivity index (χ4v) is 2.33. The fraction of sp³-hybridized carbons (Fsp3) is 0.895. The Morgan fingerprint density at radius 3 is 2.17 bits per heavy atom. The van der Waals surface area contributed by atoms with E-state index in [1.165, 1.54) is 19.3 Å². The van der Waals surface area contributed by atoms with Gasteiger partial charge in [0.25, 0.3) is 0 Å². The number of ether oxygens (including phenoxy) is 2. The van der Waals surface area contributed by atoms with Crippen LogP contribution in [0.4, 0.5) is 0 Å². The van der Waals surface area contributed by atoms with Crippen LogP contribution in [0.3, 0.4) is 0 Å². The molecule has 0 heterocycles. The lowest BCUT2D eigenvalue weighted by molar-refractivity contribution is -0.149. The third-order valence-corrected chi connectivity index (χ3v) is 3.75. The van der Waals surface area contributed by atoms with Gasteiger partial charge in [0.2, 0.25) is 0 Å². The molecule has 4 heteroatoms. The number of esters is 2. The molecule has 4 nitrogen and oxygen atoms in total. The van der Waals surface area contributed by atoms with Crippen LogP contribution < -0.4 is 0 Å². The van der Waals surface area contributed by atoms with Crippen molar-refractivity contribution >= 4 is 11.9 Å². The molecule has 0 fully saturated rings. The van der Waals surface area contributed by atoms with Gasteiger partial charge in [-0.2, -0.15) is 0 Å². The predicted octanol–water partition coefficient (Wildman–Crippen LogP) is 5.04. The molecular weight excluding hydrogens is 292 g/mol. The molecule has 0 bridgehead atoms. The summed E-state index contributed by atoms with van der Waals surface area (Å²) in [6.07, 6.45) is 8.70. The van der Waals surface area contributed by atoms with Crippen LogP contribution in [-0.2, 0) is 19.1 Å². The van der Waals surface area contributed by atoms with E-state index in [1.54, 1.807) is 0 Å². The third-order valence-electron chi connectivity index (χ3n) is 3.75. The van der Waals surface area contributed by atoms with Crippen molar-refractivity contribution in [1.29, 1.82) is 0 Å². The summed E-state index contributed by atoms with van der Waals surface area (Å²) in [5.41, 5.74) is 0. The van der Waals surface area contributed by atoms with Crippen LogP contribution in [0.25, 0.3) is 0 Å². The smallest absolute Gasteiger partial charge is 0.306 e. The highest BCUT2D eigenvalue weighted by molar-refractivity contribution is 5.72. The van der Waals surface area contributed by atoms with Crippen LogP contribution in [-0.4, -0.2) is 24.6 Å². The van der Waals surface area contributed by atoms with Crippen molar-refractivity contribution in [2.24, 2.45) is 5.92 Å². The van der Waals surface area contributed by atoms with E-state index in [9.17, 15) is 9.59 Å². The summed E-state index contributed by atoms with van der Waals surface area (Å²) in [4.78, 5) is 23.2.